The molecule has 2 N–H and O–H groups in total. The van der Waals surface area contributed by atoms with Crippen molar-refractivity contribution in [2.45, 2.75) is 58.2 Å². The fraction of sp³-hybridized carbons (Fsp3) is 0.611. The molecule has 136 valence electrons. The minimum atomic E-state index is -0.269. The Morgan fingerprint density at radius 2 is 2.16 bits per heavy atom. The maximum atomic E-state index is 12.9. The van der Waals surface area contributed by atoms with Gasteiger partial charge in [0.15, 0.2) is 0 Å². The fourth-order valence-electron chi connectivity index (χ4n) is 3.33. The number of amides is 1. The van der Waals surface area contributed by atoms with Gasteiger partial charge in [0.05, 0.1) is 24.0 Å². The first-order valence-corrected chi connectivity index (χ1v) is 8.94. The van der Waals surface area contributed by atoms with Crippen molar-refractivity contribution in [1.82, 2.24) is 24.9 Å². The molecule has 1 amide bonds. The smallest absolute Gasteiger partial charge is 0.270 e. The van der Waals surface area contributed by atoms with Crippen molar-refractivity contribution in [1.29, 1.82) is 0 Å². The number of aryl methyl sites for hydroxylation is 2. The molecule has 0 spiro atoms. The van der Waals surface area contributed by atoms with E-state index in [-0.39, 0.29) is 29.9 Å². The average Bonchev–Trinajstić information content (AvgIpc) is 3.15. The molecule has 2 heterocycles. The van der Waals surface area contributed by atoms with Gasteiger partial charge in [-0.1, -0.05) is 13.8 Å². The normalized spacial score (nSPS) is 21.2. The van der Waals surface area contributed by atoms with E-state index in [1.165, 1.54) is 0 Å². The van der Waals surface area contributed by atoms with Crippen LogP contribution < -0.4 is 5.32 Å². The lowest BCUT2D eigenvalue weighted by atomic mass is 9.75. The molecule has 0 aliphatic heterocycles. The van der Waals surface area contributed by atoms with Gasteiger partial charge in [-0.05, 0) is 37.7 Å². The van der Waals surface area contributed by atoms with Crippen molar-refractivity contribution in [3.05, 3.63) is 35.4 Å². The Kier molecular flexibility index (Phi) is 4.94. The minimum absolute atomic E-state index is 0.128. The van der Waals surface area contributed by atoms with Crippen molar-refractivity contribution in [3.8, 4) is 0 Å². The molecule has 7 nitrogen and oxygen atoms in total. The predicted molar refractivity (Wildman–Crippen MR) is 94.1 cm³/mol. The molecular formula is C18H27N5O2. The largest absolute Gasteiger partial charge is 0.393 e. The summed E-state index contributed by atoms with van der Waals surface area (Å²) in [6.07, 6.45) is 4.84. The van der Waals surface area contributed by atoms with Gasteiger partial charge in [0.25, 0.3) is 5.91 Å². The minimum Gasteiger partial charge on any atom is -0.393 e. The summed E-state index contributed by atoms with van der Waals surface area (Å²) in [5.41, 5.74) is 2.48. The number of carbonyl (C=O) groups excluding carboxylic acids is 1. The zero-order valence-corrected chi connectivity index (χ0v) is 15.3. The Bertz CT molecular complexity index is 742. The van der Waals surface area contributed by atoms with Crippen LogP contribution in [0.3, 0.4) is 0 Å². The number of nitrogens with one attached hydrogen (secondary N) is 1. The highest BCUT2D eigenvalue weighted by atomic mass is 16.3. The van der Waals surface area contributed by atoms with Crippen LogP contribution in [0.2, 0.25) is 0 Å². The molecule has 7 heteroatoms. The Morgan fingerprint density at radius 3 is 2.68 bits per heavy atom. The number of hydrogen-bond acceptors (Lipinski definition) is 4. The van der Waals surface area contributed by atoms with Gasteiger partial charge in [0, 0.05) is 25.4 Å². The lowest BCUT2D eigenvalue weighted by Gasteiger charge is -2.37. The number of aliphatic hydroxyl groups is 1. The summed E-state index contributed by atoms with van der Waals surface area (Å²) in [5, 5.41) is 21.6. The molecule has 1 fully saturated rings. The maximum Gasteiger partial charge on any atom is 0.270 e. The second-order valence-electron chi connectivity index (χ2n) is 7.21. The number of aliphatic hydroxyl groups excluding tert-OH is 1. The highest BCUT2D eigenvalue weighted by Crippen LogP contribution is 2.38. The topological polar surface area (TPSA) is 85.0 Å². The molecule has 1 aliphatic carbocycles. The zero-order chi connectivity index (χ0) is 18.1. The summed E-state index contributed by atoms with van der Waals surface area (Å²) in [4.78, 5) is 12.9. The molecule has 0 aromatic carbocycles. The molecule has 0 bridgehead atoms. The summed E-state index contributed by atoms with van der Waals surface area (Å²) in [7, 11) is 1.86. The Morgan fingerprint density at radius 1 is 1.44 bits per heavy atom. The lowest BCUT2D eigenvalue weighted by molar-refractivity contribution is 0.0234. The van der Waals surface area contributed by atoms with E-state index >= 15 is 0 Å². The third-order valence-corrected chi connectivity index (χ3v) is 4.91. The van der Waals surface area contributed by atoms with Gasteiger partial charge in [-0.15, -0.1) is 0 Å². The SMILES string of the molecule is CCn1nc(C(C)C)cc1C(=O)NC(c1cnn(C)c1)C1CC(O)C1. The second kappa shape index (κ2) is 7.00. The number of carbonyl (C=O) groups is 1. The van der Waals surface area contributed by atoms with Gasteiger partial charge < -0.3 is 10.4 Å². The molecular weight excluding hydrogens is 318 g/mol. The van der Waals surface area contributed by atoms with E-state index < -0.39 is 0 Å². The number of aromatic nitrogens is 4. The Labute approximate surface area is 148 Å². The zero-order valence-electron chi connectivity index (χ0n) is 15.3. The first-order valence-electron chi connectivity index (χ1n) is 8.94. The highest BCUT2D eigenvalue weighted by Gasteiger charge is 2.36. The van der Waals surface area contributed by atoms with E-state index in [1.54, 1.807) is 15.6 Å². The Hall–Kier alpha value is -2.15. The van der Waals surface area contributed by atoms with Crippen LogP contribution in [0.1, 0.15) is 67.3 Å². The first kappa shape index (κ1) is 17.7. The van der Waals surface area contributed by atoms with Gasteiger partial charge in [-0.2, -0.15) is 10.2 Å². The van der Waals surface area contributed by atoms with Crippen molar-refractivity contribution in [2.24, 2.45) is 13.0 Å². The summed E-state index contributed by atoms with van der Waals surface area (Å²) >= 11 is 0. The van der Waals surface area contributed by atoms with E-state index in [0.29, 0.717) is 25.1 Å². The van der Waals surface area contributed by atoms with Crippen LogP contribution in [0.4, 0.5) is 0 Å². The van der Waals surface area contributed by atoms with Gasteiger partial charge in [-0.3, -0.25) is 14.2 Å². The quantitative estimate of drug-likeness (QED) is 0.838. The van der Waals surface area contributed by atoms with E-state index in [1.807, 2.05) is 26.2 Å². The second-order valence-corrected chi connectivity index (χ2v) is 7.21. The summed E-state index contributed by atoms with van der Waals surface area (Å²) in [6.45, 7) is 6.76. The summed E-state index contributed by atoms with van der Waals surface area (Å²) in [5.74, 6) is 0.373. The van der Waals surface area contributed by atoms with Crippen LogP contribution in [0.25, 0.3) is 0 Å². The van der Waals surface area contributed by atoms with Gasteiger partial charge in [0.1, 0.15) is 5.69 Å². The molecule has 1 aliphatic rings. The molecule has 0 radical (unpaired) electrons. The summed E-state index contributed by atoms with van der Waals surface area (Å²) in [6, 6.07) is 1.73. The third-order valence-electron chi connectivity index (χ3n) is 4.91. The van der Waals surface area contributed by atoms with Crippen LogP contribution in [0.15, 0.2) is 18.5 Å². The first-order chi connectivity index (χ1) is 11.9. The molecule has 1 saturated carbocycles. The highest BCUT2D eigenvalue weighted by molar-refractivity contribution is 5.93. The van der Waals surface area contributed by atoms with Gasteiger partial charge in [-0.25, -0.2) is 0 Å². The fourth-order valence-corrected chi connectivity index (χ4v) is 3.33. The maximum absolute atomic E-state index is 12.9. The molecule has 0 saturated heterocycles. The van der Waals surface area contributed by atoms with Crippen molar-refractivity contribution in [3.63, 3.8) is 0 Å². The summed E-state index contributed by atoms with van der Waals surface area (Å²) < 4.78 is 3.48. The van der Waals surface area contributed by atoms with Crippen LogP contribution >= 0.6 is 0 Å². The molecule has 1 unspecified atom stereocenters. The van der Waals surface area contributed by atoms with Crippen molar-refractivity contribution in [2.75, 3.05) is 0 Å². The van der Waals surface area contributed by atoms with Gasteiger partial charge in [0.2, 0.25) is 0 Å². The Balaban J connectivity index is 1.83. The van der Waals surface area contributed by atoms with Crippen molar-refractivity contribution < 1.29 is 9.90 Å². The van der Waals surface area contributed by atoms with Crippen molar-refractivity contribution >= 4 is 5.91 Å². The third kappa shape index (κ3) is 3.61. The molecule has 3 rings (SSSR count). The number of hydrogen-bond donors (Lipinski definition) is 2. The lowest BCUT2D eigenvalue weighted by Crippen LogP contribution is -2.41. The predicted octanol–water partition coefficient (Wildman–Crippen LogP) is 2.00. The van der Waals surface area contributed by atoms with Crippen LogP contribution in [0, 0.1) is 5.92 Å². The van der Waals surface area contributed by atoms with E-state index in [4.69, 9.17) is 0 Å². The van der Waals surface area contributed by atoms with Crippen LogP contribution in [-0.2, 0) is 13.6 Å². The average molecular weight is 345 g/mol. The van der Waals surface area contributed by atoms with E-state index in [2.05, 4.69) is 29.4 Å². The molecule has 2 aromatic heterocycles. The van der Waals surface area contributed by atoms with Crippen LogP contribution in [-0.4, -0.2) is 36.7 Å². The van der Waals surface area contributed by atoms with E-state index in [0.717, 1.165) is 11.3 Å². The molecule has 1 atom stereocenters. The van der Waals surface area contributed by atoms with E-state index in [9.17, 15) is 9.90 Å². The van der Waals surface area contributed by atoms with Gasteiger partial charge >= 0.3 is 0 Å². The number of rotatable bonds is 6. The standard InChI is InChI=1S/C18H27N5O2/c1-5-23-16(8-15(21-23)11(2)3)18(25)20-17(12-6-14(24)7-12)13-9-19-22(4)10-13/h8-12,14,17,24H,5-7H2,1-4H3,(H,20,25). The number of nitrogens with zero attached hydrogens (tertiary/aromatic N) is 4. The molecule has 2 aromatic rings. The molecule has 25 heavy (non-hydrogen) atoms. The van der Waals surface area contributed by atoms with Crippen LogP contribution in [0.5, 0.6) is 0 Å². The monoisotopic (exact) mass is 345 g/mol.